The van der Waals surface area contributed by atoms with Crippen LogP contribution in [-0.4, -0.2) is 0 Å². The molecule has 0 heterocycles. The second-order valence-corrected chi connectivity index (χ2v) is 6.25. The summed E-state index contributed by atoms with van der Waals surface area (Å²) in [6.45, 7) is 4.43. The van der Waals surface area contributed by atoms with E-state index < -0.39 is 0 Å². The highest BCUT2D eigenvalue weighted by Crippen LogP contribution is 2.13. The van der Waals surface area contributed by atoms with Crippen molar-refractivity contribution < 1.29 is 0 Å². The van der Waals surface area contributed by atoms with Gasteiger partial charge in [0.1, 0.15) is 0 Å². The molecule has 0 nitrogen and oxygen atoms in total. The largest absolute Gasteiger partial charge is 0.0613 e. The van der Waals surface area contributed by atoms with E-state index in [0.717, 1.165) is 12.8 Å². The lowest BCUT2D eigenvalue weighted by Crippen LogP contribution is -1.90. The van der Waals surface area contributed by atoms with Crippen molar-refractivity contribution >= 4 is 0 Å². The summed E-state index contributed by atoms with van der Waals surface area (Å²) >= 11 is 0. The Morgan fingerprint density at radius 2 is 0.773 bits per heavy atom. The van der Waals surface area contributed by atoms with E-state index in [1.165, 1.54) is 60.8 Å². The molecule has 0 radical (unpaired) electrons. The fourth-order valence-corrected chi connectivity index (χ4v) is 2.90. The van der Waals surface area contributed by atoms with Crippen LogP contribution in [0.25, 0.3) is 0 Å². The number of aryl methyl sites for hydroxylation is 4. The van der Waals surface area contributed by atoms with Gasteiger partial charge in [0.05, 0.1) is 0 Å². The Morgan fingerprint density at radius 3 is 1.09 bits per heavy atom. The molecular formula is C22H30. The molecule has 0 aromatic heterocycles. The van der Waals surface area contributed by atoms with Crippen molar-refractivity contribution in [3.8, 4) is 0 Å². The third-order valence-electron chi connectivity index (χ3n) is 4.54. The predicted molar refractivity (Wildman–Crippen MR) is 97.5 cm³/mol. The summed E-state index contributed by atoms with van der Waals surface area (Å²) in [6.07, 6.45) is 10.1. The molecule has 2 aromatic carbocycles. The number of hydrogen-bond donors (Lipinski definition) is 0. The molecule has 118 valence electrons. The van der Waals surface area contributed by atoms with Gasteiger partial charge in [0.2, 0.25) is 0 Å². The highest BCUT2D eigenvalue weighted by molar-refractivity contribution is 5.23. The van der Waals surface area contributed by atoms with Gasteiger partial charge in [0.25, 0.3) is 0 Å². The molecule has 22 heavy (non-hydrogen) atoms. The highest BCUT2D eigenvalue weighted by Gasteiger charge is 1.97. The maximum Gasteiger partial charge on any atom is -0.0279 e. The monoisotopic (exact) mass is 294 g/mol. The first-order valence-electron chi connectivity index (χ1n) is 8.97. The highest BCUT2D eigenvalue weighted by atomic mass is 14.0. The minimum absolute atomic E-state index is 1.14. The van der Waals surface area contributed by atoms with Crippen molar-refractivity contribution in [1.82, 2.24) is 0 Å². The molecule has 0 saturated heterocycles. The van der Waals surface area contributed by atoms with Crippen LogP contribution in [0.15, 0.2) is 48.5 Å². The Morgan fingerprint density at radius 1 is 0.455 bits per heavy atom. The third-order valence-corrected chi connectivity index (χ3v) is 4.54. The molecule has 0 unspecified atom stereocenters. The molecule has 2 aromatic rings. The SMILES string of the molecule is CCc1ccc(CCCCCCc2ccc(CC)cc2)cc1. The molecule has 0 aliphatic carbocycles. The van der Waals surface area contributed by atoms with Gasteiger partial charge in [-0.15, -0.1) is 0 Å². The lowest BCUT2D eigenvalue weighted by Gasteiger charge is -2.05. The van der Waals surface area contributed by atoms with Gasteiger partial charge in [0.15, 0.2) is 0 Å². The average molecular weight is 294 g/mol. The molecule has 0 fully saturated rings. The summed E-state index contributed by atoms with van der Waals surface area (Å²) < 4.78 is 0. The summed E-state index contributed by atoms with van der Waals surface area (Å²) in [7, 11) is 0. The lowest BCUT2D eigenvalue weighted by atomic mass is 10.0. The Hall–Kier alpha value is -1.56. The van der Waals surface area contributed by atoms with E-state index in [4.69, 9.17) is 0 Å². The minimum Gasteiger partial charge on any atom is -0.0613 e. The standard InChI is InChI=1S/C22H30/c1-3-19-11-15-21(16-12-19)9-7-5-6-8-10-22-17-13-20(4-2)14-18-22/h11-18H,3-10H2,1-2H3. The zero-order valence-electron chi connectivity index (χ0n) is 14.3. The smallest absolute Gasteiger partial charge is 0.0279 e. The normalized spacial score (nSPS) is 10.8. The van der Waals surface area contributed by atoms with Gasteiger partial charge < -0.3 is 0 Å². The molecule has 0 amide bonds. The first kappa shape index (κ1) is 16.8. The predicted octanol–water partition coefficient (Wildman–Crippen LogP) is 6.16. The van der Waals surface area contributed by atoms with Crippen molar-refractivity contribution in [2.45, 2.75) is 65.2 Å². The summed E-state index contributed by atoms with van der Waals surface area (Å²) in [5.74, 6) is 0. The van der Waals surface area contributed by atoms with Crippen molar-refractivity contribution in [3.63, 3.8) is 0 Å². The van der Waals surface area contributed by atoms with E-state index in [1.807, 2.05) is 0 Å². The van der Waals surface area contributed by atoms with E-state index in [-0.39, 0.29) is 0 Å². The van der Waals surface area contributed by atoms with Crippen LogP contribution in [-0.2, 0) is 25.7 Å². The lowest BCUT2D eigenvalue weighted by molar-refractivity contribution is 0.640. The summed E-state index contributed by atoms with van der Waals surface area (Å²) in [4.78, 5) is 0. The van der Waals surface area contributed by atoms with Gasteiger partial charge in [-0.1, -0.05) is 75.2 Å². The molecule has 0 bridgehead atoms. The molecular weight excluding hydrogens is 264 g/mol. The van der Waals surface area contributed by atoms with Crippen molar-refractivity contribution in [2.75, 3.05) is 0 Å². The minimum atomic E-state index is 1.14. The van der Waals surface area contributed by atoms with Crippen LogP contribution >= 0.6 is 0 Å². The van der Waals surface area contributed by atoms with E-state index in [2.05, 4.69) is 62.4 Å². The molecule has 0 heteroatoms. The molecule has 0 spiro atoms. The third kappa shape index (κ3) is 5.67. The fourth-order valence-electron chi connectivity index (χ4n) is 2.90. The molecule has 0 saturated carbocycles. The van der Waals surface area contributed by atoms with Crippen LogP contribution in [0.5, 0.6) is 0 Å². The summed E-state index contributed by atoms with van der Waals surface area (Å²) in [6, 6.07) is 18.3. The number of hydrogen-bond acceptors (Lipinski definition) is 0. The number of unbranched alkanes of at least 4 members (excludes halogenated alkanes) is 3. The maximum absolute atomic E-state index is 2.30. The fraction of sp³-hybridized carbons (Fsp3) is 0.455. The topological polar surface area (TPSA) is 0 Å². The summed E-state index contributed by atoms with van der Waals surface area (Å²) in [5, 5.41) is 0. The quantitative estimate of drug-likeness (QED) is 0.486. The van der Waals surface area contributed by atoms with E-state index in [9.17, 15) is 0 Å². The van der Waals surface area contributed by atoms with E-state index in [0.29, 0.717) is 0 Å². The Labute approximate surface area is 136 Å². The zero-order valence-corrected chi connectivity index (χ0v) is 14.3. The summed E-state index contributed by atoms with van der Waals surface area (Å²) in [5.41, 5.74) is 5.87. The van der Waals surface area contributed by atoms with Gasteiger partial charge >= 0.3 is 0 Å². The molecule has 0 aliphatic rings. The van der Waals surface area contributed by atoms with Gasteiger partial charge in [-0.05, 0) is 60.8 Å². The maximum atomic E-state index is 2.30. The average Bonchev–Trinajstić information content (AvgIpc) is 2.59. The Balaban J connectivity index is 1.58. The first-order valence-corrected chi connectivity index (χ1v) is 8.97. The van der Waals surface area contributed by atoms with E-state index in [1.54, 1.807) is 0 Å². The van der Waals surface area contributed by atoms with E-state index >= 15 is 0 Å². The second kappa shape index (κ2) is 9.46. The van der Waals surface area contributed by atoms with Gasteiger partial charge in [-0.2, -0.15) is 0 Å². The first-order chi connectivity index (χ1) is 10.8. The molecule has 0 atom stereocenters. The molecule has 0 aliphatic heterocycles. The van der Waals surface area contributed by atoms with Gasteiger partial charge in [-0.3, -0.25) is 0 Å². The van der Waals surface area contributed by atoms with Crippen LogP contribution in [0.3, 0.4) is 0 Å². The molecule has 0 N–H and O–H groups in total. The zero-order chi connectivity index (χ0) is 15.6. The van der Waals surface area contributed by atoms with Crippen molar-refractivity contribution in [1.29, 1.82) is 0 Å². The Bertz CT molecular complexity index is 467. The van der Waals surface area contributed by atoms with Crippen molar-refractivity contribution in [3.05, 3.63) is 70.8 Å². The Kier molecular flexibility index (Phi) is 7.22. The number of benzene rings is 2. The van der Waals surface area contributed by atoms with Crippen LogP contribution in [0, 0.1) is 0 Å². The second-order valence-electron chi connectivity index (χ2n) is 6.25. The van der Waals surface area contributed by atoms with Gasteiger partial charge in [0, 0.05) is 0 Å². The van der Waals surface area contributed by atoms with Gasteiger partial charge in [-0.25, -0.2) is 0 Å². The van der Waals surface area contributed by atoms with Crippen molar-refractivity contribution in [2.24, 2.45) is 0 Å². The van der Waals surface area contributed by atoms with Crippen LogP contribution in [0.2, 0.25) is 0 Å². The number of rotatable bonds is 9. The van der Waals surface area contributed by atoms with Crippen LogP contribution in [0.1, 0.15) is 61.8 Å². The molecule has 2 rings (SSSR count). The van der Waals surface area contributed by atoms with Crippen LogP contribution in [0.4, 0.5) is 0 Å². The van der Waals surface area contributed by atoms with Crippen LogP contribution < -0.4 is 0 Å².